The predicted molar refractivity (Wildman–Crippen MR) is 124 cm³/mol. The molecular formula is C24H26FN3O8. The number of hydrogen-bond acceptors (Lipinski definition) is 8. The van der Waals surface area contributed by atoms with Crippen LogP contribution in [-0.2, 0) is 14.3 Å². The van der Waals surface area contributed by atoms with E-state index in [2.05, 4.69) is 15.8 Å². The van der Waals surface area contributed by atoms with E-state index in [1.165, 1.54) is 0 Å². The molecule has 3 amide bonds. The number of hydrogen-bond donors (Lipinski definition) is 5. The summed E-state index contributed by atoms with van der Waals surface area (Å²) in [5.74, 6) is -2.94. The third kappa shape index (κ3) is 6.55. The molecule has 0 aliphatic carbocycles. The highest BCUT2D eigenvalue weighted by Gasteiger charge is 2.46. The van der Waals surface area contributed by atoms with Gasteiger partial charge in [0.05, 0.1) is 18.2 Å². The van der Waals surface area contributed by atoms with Gasteiger partial charge in [-0.25, -0.2) is 4.39 Å². The average molecular weight is 503 g/mol. The van der Waals surface area contributed by atoms with Crippen LogP contribution in [0.1, 0.15) is 16.8 Å². The highest BCUT2D eigenvalue weighted by molar-refractivity contribution is 5.94. The van der Waals surface area contributed by atoms with Crippen molar-refractivity contribution < 1.29 is 38.8 Å². The summed E-state index contributed by atoms with van der Waals surface area (Å²) < 4.78 is 18.0. The average Bonchev–Trinajstić information content (AvgIpc) is 2.91. The topological polar surface area (TPSA) is 175 Å². The minimum absolute atomic E-state index is 0.288. The summed E-state index contributed by atoms with van der Waals surface area (Å²) in [6.07, 6.45) is -8.66. The molecule has 0 spiro atoms. The van der Waals surface area contributed by atoms with Crippen molar-refractivity contribution in [3.8, 4) is 11.1 Å². The fourth-order valence-corrected chi connectivity index (χ4v) is 3.91. The maximum atomic E-state index is 12.7. The number of nitroso groups, excluding NO2 is 1. The molecule has 12 heteroatoms. The Morgan fingerprint density at radius 1 is 1.06 bits per heavy atom. The van der Waals surface area contributed by atoms with E-state index in [-0.39, 0.29) is 5.56 Å². The molecule has 2 aromatic carbocycles. The van der Waals surface area contributed by atoms with Crippen molar-refractivity contribution in [2.24, 2.45) is 5.18 Å². The summed E-state index contributed by atoms with van der Waals surface area (Å²) in [7, 11) is 0. The molecular weight excluding hydrogens is 477 g/mol. The lowest BCUT2D eigenvalue weighted by Gasteiger charge is -2.41. The highest BCUT2D eigenvalue weighted by Crippen LogP contribution is 2.25. The molecule has 1 saturated heterocycles. The van der Waals surface area contributed by atoms with Gasteiger partial charge in [0.2, 0.25) is 0 Å². The van der Waals surface area contributed by atoms with Crippen molar-refractivity contribution in [3.05, 3.63) is 65.1 Å². The van der Waals surface area contributed by atoms with E-state index in [9.17, 15) is 39.0 Å². The Morgan fingerprint density at radius 3 is 2.31 bits per heavy atom. The summed E-state index contributed by atoms with van der Waals surface area (Å²) in [4.78, 5) is 46.3. The van der Waals surface area contributed by atoms with Gasteiger partial charge in [0.25, 0.3) is 11.8 Å². The van der Waals surface area contributed by atoms with Crippen molar-refractivity contribution in [3.63, 3.8) is 0 Å². The van der Waals surface area contributed by atoms with Crippen molar-refractivity contribution in [2.75, 3.05) is 13.2 Å². The molecule has 6 unspecified atom stereocenters. The SMILES string of the molecule is O=NC(=O)C1CC(O)C(NC(=O)CF)C(C(O)C(O)CNC(=O)c2ccc(-c3ccccc3)cc2)O1. The Labute approximate surface area is 205 Å². The second kappa shape index (κ2) is 12.4. The van der Waals surface area contributed by atoms with Crippen LogP contribution in [0, 0.1) is 4.91 Å². The van der Waals surface area contributed by atoms with Crippen molar-refractivity contribution >= 4 is 17.7 Å². The summed E-state index contributed by atoms with van der Waals surface area (Å²) in [5, 5.41) is 38.2. The first-order valence-corrected chi connectivity index (χ1v) is 11.1. The zero-order valence-corrected chi connectivity index (χ0v) is 19.0. The van der Waals surface area contributed by atoms with Gasteiger partial charge in [-0.2, -0.15) is 0 Å². The molecule has 36 heavy (non-hydrogen) atoms. The molecule has 192 valence electrons. The summed E-state index contributed by atoms with van der Waals surface area (Å²) >= 11 is 0. The van der Waals surface area contributed by atoms with E-state index in [0.717, 1.165) is 11.1 Å². The molecule has 1 fully saturated rings. The lowest BCUT2D eigenvalue weighted by molar-refractivity contribution is -0.182. The predicted octanol–water partition coefficient (Wildman–Crippen LogP) is 0.0709. The van der Waals surface area contributed by atoms with Crippen LogP contribution in [0.5, 0.6) is 0 Å². The lowest BCUT2D eigenvalue weighted by atomic mass is 9.89. The van der Waals surface area contributed by atoms with E-state index in [0.29, 0.717) is 0 Å². The number of benzene rings is 2. The number of aliphatic hydroxyl groups is 3. The van der Waals surface area contributed by atoms with E-state index < -0.39 is 73.9 Å². The van der Waals surface area contributed by atoms with Gasteiger partial charge >= 0.3 is 5.91 Å². The molecule has 11 nitrogen and oxygen atoms in total. The smallest absolute Gasteiger partial charge is 0.314 e. The Balaban J connectivity index is 1.65. The van der Waals surface area contributed by atoms with Gasteiger partial charge < -0.3 is 30.7 Å². The standard InChI is InChI=1S/C24H26FN3O8/c25-11-19(31)27-20-16(29)10-18(24(34)28-35)36-22(20)21(32)17(30)12-26-23(33)15-8-6-14(7-9-15)13-4-2-1-3-5-13/h1-9,16-18,20-22,29-30,32H,10-12H2,(H,26,33)(H,27,31). The summed E-state index contributed by atoms with van der Waals surface area (Å²) in [6.45, 7) is -1.89. The number of carbonyl (C=O) groups is 3. The second-order valence-corrected chi connectivity index (χ2v) is 8.26. The minimum Gasteiger partial charge on any atom is -0.391 e. The highest BCUT2D eigenvalue weighted by atomic mass is 19.1. The number of amides is 3. The van der Waals surface area contributed by atoms with E-state index >= 15 is 0 Å². The zero-order chi connectivity index (χ0) is 26.2. The van der Waals surface area contributed by atoms with Gasteiger partial charge in [0, 0.05) is 23.7 Å². The number of nitrogens with zero attached hydrogens (tertiary/aromatic N) is 1. The molecule has 2 aromatic rings. The van der Waals surface area contributed by atoms with E-state index in [4.69, 9.17) is 4.74 Å². The van der Waals surface area contributed by atoms with Crippen molar-refractivity contribution in [2.45, 2.75) is 43.0 Å². The van der Waals surface area contributed by atoms with Crippen LogP contribution < -0.4 is 10.6 Å². The fourth-order valence-electron chi connectivity index (χ4n) is 3.91. The summed E-state index contributed by atoms with van der Waals surface area (Å²) in [5.41, 5.74) is 2.15. The van der Waals surface area contributed by atoms with Crippen molar-refractivity contribution in [1.82, 2.24) is 10.6 Å². The first-order chi connectivity index (χ1) is 17.2. The number of halogens is 1. The molecule has 0 saturated carbocycles. The molecule has 0 radical (unpaired) electrons. The first kappa shape index (κ1) is 27.0. The number of ether oxygens (including phenoxy) is 1. The maximum Gasteiger partial charge on any atom is 0.314 e. The largest absolute Gasteiger partial charge is 0.391 e. The number of carbonyl (C=O) groups excluding carboxylic acids is 3. The Hall–Kier alpha value is -3.58. The Morgan fingerprint density at radius 2 is 1.69 bits per heavy atom. The maximum absolute atomic E-state index is 12.7. The molecule has 1 aliphatic rings. The van der Waals surface area contributed by atoms with Gasteiger partial charge in [-0.3, -0.25) is 14.4 Å². The molecule has 0 bridgehead atoms. The van der Waals surface area contributed by atoms with Crippen LogP contribution in [0.15, 0.2) is 59.8 Å². The van der Waals surface area contributed by atoms with Gasteiger partial charge in [0.1, 0.15) is 18.3 Å². The molecule has 5 N–H and O–H groups in total. The van der Waals surface area contributed by atoms with Crippen LogP contribution in [0.2, 0.25) is 0 Å². The lowest BCUT2D eigenvalue weighted by Crippen LogP contribution is -2.64. The van der Waals surface area contributed by atoms with Gasteiger partial charge in [-0.1, -0.05) is 42.5 Å². The quantitative estimate of drug-likeness (QED) is 0.299. The van der Waals surface area contributed by atoms with Gasteiger partial charge in [0.15, 0.2) is 6.67 Å². The fraction of sp³-hybridized carbons (Fsp3) is 0.375. The van der Waals surface area contributed by atoms with Crippen LogP contribution in [0.4, 0.5) is 4.39 Å². The van der Waals surface area contributed by atoms with Crippen LogP contribution in [-0.4, -0.2) is 82.8 Å². The first-order valence-electron chi connectivity index (χ1n) is 11.1. The molecule has 1 aliphatic heterocycles. The van der Waals surface area contributed by atoms with Gasteiger partial charge in [-0.05, 0) is 23.3 Å². The number of alkyl halides is 1. The van der Waals surface area contributed by atoms with Gasteiger partial charge in [-0.15, -0.1) is 4.91 Å². The number of rotatable bonds is 9. The van der Waals surface area contributed by atoms with E-state index in [1.807, 2.05) is 30.3 Å². The minimum atomic E-state index is -1.85. The number of nitrogens with one attached hydrogen (secondary N) is 2. The Bertz CT molecular complexity index is 1070. The van der Waals surface area contributed by atoms with Crippen LogP contribution in [0.25, 0.3) is 11.1 Å². The molecule has 3 rings (SSSR count). The zero-order valence-electron chi connectivity index (χ0n) is 19.0. The summed E-state index contributed by atoms with van der Waals surface area (Å²) in [6, 6.07) is 14.8. The molecule has 6 atom stereocenters. The van der Waals surface area contributed by atoms with Crippen LogP contribution >= 0.6 is 0 Å². The third-order valence-electron chi connectivity index (χ3n) is 5.82. The Kier molecular flexibility index (Phi) is 9.31. The number of aliphatic hydroxyl groups excluding tert-OH is 3. The third-order valence-corrected chi connectivity index (χ3v) is 5.82. The van der Waals surface area contributed by atoms with Crippen molar-refractivity contribution in [1.29, 1.82) is 0 Å². The normalized spacial score (nSPS) is 23.2. The van der Waals surface area contributed by atoms with E-state index in [1.54, 1.807) is 24.3 Å². The molecule has 1 heterocycles. The molecule has 0 aromatic heterocycles. The second-order valence-electron chi connectivity index (χ2n) is 8.26. The monoisotopic (exact) mass is 503 g/mol. The van der Waals surface area contributed by atoms with Crippen LogP contribution in [0.3, 0.4) is 0 Å².